The molecule has 4 unspecified atom stereocenters. The number of methoxy groups -OCH3 is 2. The summed E-state index contributed by atoms with van der Waals surface area (Å²) < 4.78 is 31.1. The lowest BCUT2D eigenvalue weighted by molar-refractivity contribution is -0.404. The zero-order valence-corrected chi connectivity index (χ0v) is 17.2. The van der Waals surface area contributed by atoms with Gasteiger partial charge >= 0.3 is 0 Å². The van der Waals surface area contributed by atoms with Crippen molar-refractivity contribution in [3.8, 4) is 0 Å². The highest BCUT2D eigenvalue weighted by molar-refractivity contribution is 5.25. The van der Waals surface area contributed by atoms with Gasteiger partial charge in [-0.15, -0.1) is 0 Å². The first-order valence-corrected chi connectivity index (χ1v) is 10.3. The molecule has 0 saturated carbocycles. The van der Waals surface area contributed by atoms with Gasteiger partial charge in [0.2, 0.25) is 11.6 Å². The lowest BCUT2D eigenvalue weighted by Crippen LogP contribution is -2.52. The molecule has 4 atom stereocenters. The van der Waals surface area contributed by atoms with Crippen molar-refractivity contribution in [1.29, 1.82) is 0 Å². The van der Waals surface area contributed by atoms with E-state index in [0.29, 0.717) is 26.1 Å². The van der Waals surface area contributed by atoms with E-state index in [1.807, 2.05) is 60.7 Å². The largest absolute Gasteiger partial charge is 0.381 e. The first kappa shape index (κ1) is 20.5. The van der Waals surface area contributed by atoms with Crippen LogP contribution in [0.25, 0.3) is 0 Å². The summed E-state index contributed by atoms with van der Waals surface area (Å²) in [6, 6.07) is 20.2. The first-order valence-electron chi connectivity index (χ1n) is 10.3. The van der Waals surface area contributed by atoms with Gasteiger partial charge in [0.15, 0.2) is 0 Å². The standard InChI is InChI=1S/C24H30O5/c1-25-21-13-15-27-23(17-21,19-9-5-3-6-10-19)29-24(20-11-7-4-8-12-20)18-22(26-2)14-16-28-24/h3-12,21-22H,13-18H2,1-2H3. The van der Waals surface area contributed by atoms with E-state index < -0.39 is 11.6 Å². The van der Waals surface area contributed by atoms with Gasteiger partial charge in [0.25, 0.3) is 0 Å². The number of hydrogen-bond acceptors (Lipinski definition) is 5. The molecule has 2 heterocycles. The van der Waals surface area contributed by atoms with Crippen LogP contribution in [0.2, 0.25) is 0 Å². The normalized spacial score (nSPS) is 32.8. The van der Waals surface area contributed by atoms with Crippen LogP contribution in [0.15, 0.2) is 60.7 Å². The van der Waals surface area contributed by atoms with Crippen molar-refractivity contribution >= 4 is 0 Å². The smallest absolute Gasteiger partial charge is 0.200 e. The Balaban J connectivity index is 1.77. The Bertz CT molecular complexity index is 702. The maximum atomic E-state index is 6.94. The van der Waals surface area contributed by atoms with E-state index in [1.165, 1.54) is 0 Å². The van der Waals surface area contributed by atoms with E-state index in [4.69, 9.17) is 23.7 Å². The fraction of sp³-hybridized carbons (Fsp3) is 0.500. The maximum Gasteiger partial charge on any atom is 0.200 e. The van der Waals surface area contributed by atoms with Crippen LogP contribution in [0, 0.1) is 0 Å². The highest BCUT2D eigenvalue weighted by atomic mass is 16.8. The molecule has 0 spiro atoms. The third-order valence-corrected chi connectivity index (χ3v) is 5.97. The highest BCUT2D eigenvalue weighted by Crippen LogP contribution is 2.47. The summed E-state index contributed by atoms with van der Waals surface area (Å²) in [7, 11) is 3.49. The predicted molar refractivity (Wildman–Crippen MR) is 109 cm³/mol. The Morgan fingerprint density at radius 2 is 1.10 bits per heavy atom. The van der Waals surface area contributed by atoms with Crippen LogP contribution in [0.1, 0.15) is 36.8 Å². The van der Waals surface area contributed by atoms with Crippen molar-refractivity contribution < 1.29 is 23.7 Å². The molecule has 0 N–H and O–H groups in total. The molecule has 0 radical (unpaired) electrons. The Labute approximate surface area is 172 Å². The SMILES string of the molecule is COC1CCOC(OC2(c3ccccc3)CC(OC)CCO2)(c2ccccc2)C1. The number of benzene rings is 2. The predicted octanol–water partition coefficient (Wildman–Crippen LogP) is 4.36. The van der Waals surface area contributed by atoms with Crippen LogP contribution < -0.4 is 0 Å². The summed E-state index contributed by atoms with van der Waals surface area (Å²) in [5.74, 6) is -1.91. The third kappa shape index (κ3) is 4.25. The molecule has 2 saturated heterocycles. The van der Waals surface area contributed by atoms with Gasteiger partial charge in [-0.05, 0) is 12.8 Å². The molecule has 0 aliphatic carbocycles. The molecule has 29 heavy (non-hydrogen) atoms. The lowest BCUT2D eigenvalue weighted by atomic mass is 9.91. The maximum absolute atomic E-state index is 6.94. The minimum Gasteiger partial charge on any atom is -0.381 e. The van der Waals surface area contributed by atoms with Gasteiger partial charge in [-0.1, -0.05) is 60.7 Å². The summed E-state index contributed by atoms with van der Waals surface area (Å²) >= 11 is 0. The van der Waals surface area contributed by atoms with Crippen molar-refractivity contribution in [3.63, 3.8) is 0 Å². The van der Waals surface area contributed by atoms with E-state index in [2.05, 4.69) is 0 Å². The molecule has 156 valence electrons. The second kappa shape index (κ2) is 8.94. The van der Waals surface area contributed by atoms with Gasteiger partial charge in [-0.2, -0.15) is 0 Å². The topological polar surface area (TPSA) is 46.2 Å². The Kier molecular flexibility index (Phi) is 6.32. The second-order valence-electron chi connectivity index (χ2n) is 7.74. The first-order chi connectivity index (χ1) is 14.2. The van der Waals surface area contributed by atoms with Crippen LogP contribution in [0.5, 0.6) is 0 Å². The lowest BCUT2D eigenvalue weighted by Gasteiger charge is -2.49. The van der Waals surface area contributed by atoms with Crippen LogP contribution in [0.3, 0.4) is 0 Å². The molecule has 0 amide bonds. The van der Waals surface area contributed by atoms with Gasteiger partial charge in [-0.3, -0.25) is 0 Å². The quantitative estimate of drug-likeness (QED) is 0.724. The molecule has 2 aliphatic heterocycles. The highest BCUT2D eigenvalue weighted by Gasteiger charge is 2.51. The van der Waals surface area contributed by atoms with E-state index in [1.54, 1.807) is 14.2 Å². The number of hydrogen-bond donors (Lipinski definition) is 0. The van der Waals surface area contributed by atoms with Gasteiger partial charge in [0.05, 0.1) is 25.4 Å². The summed E-state index contributed by atoms with van der Waals surface area (Å²) in [5.41, 5.74) is 1.94. The number of ether oxygens (including phenoxy) is 5. The Morgan fingerprint density at radius 3 is 1.48 bits per heavy atom. The van der Waals surface area contributed by atoms with Crippen molar-refractivity contribution in [2.75, 3.05) is 27.4 Å². The molecule has 4 rings (SSSR count). The molecular weight excluding hydrogens is 368 g/mol. The zero-order chi connectivity index (χ0) is 20.2. The summed E-state index contributed by atoms with van der Waals surface area (Å²) in [6.07, 6.45) is 2.99. The van der Waals surface area contributed by atoms with Gasteiger partial charge in [0.1, 0.15) is 0 Å². The van der Waals surface area contributed by atoms with Gasteiger partial charge in [0, 0.05) is 38.2 Å². The van der Waals surface area contributed by atoms with Crippen LogP contribution in [-0.4, -0.2) is 39.6 Å². The van der Waals surface area contributed by atoms with Gasteiger partial charge in [-0.25, -0.2) is 0 Å². The molecule has 0 bridgehead atoms. The Hall–Kier alpha value is -1.76. The minimum atomic E-state index is -0.953. The van der Waals surface area contributed by atoms with Crippen LogP contribution in [-0.2, 0) is 35.3 Å². The molecule has 5 nitrogen and oxygen atoms in total. The van der Waals surface area contributed by atoms with Crippen molar-refractivity contribution in [3.05, 3.63) is 71.8 Å². The molecule has 2 aromatic rings. The fourth-order valence-corrected chi connectivity index (χ4v) is 4.35. The molecule has 2 fully saturated rings. The number of rotatable bonds is 6. The molecule has 0 aromatic heterocycles. The average molecular weight is 398 g/mol. The molecule has 2 aromatic carbocycles. The fourth-order valence-electron chi connectivity index (χ4n) is 4.35. The van der Waals surface area contributed by atoms with Crippen molar-refractivity contribution in [2.24, 2.45) is 0 Å². The van der Waals surface area contributed by atoms with E-state index in [9.17, 15) is 0 Å². The average Bonchev–Trinajstić information content (AvgIpc) is 2.80. The summed E-state index contributed by atoms with van der Waals surface area (Å²) in [6.45, 7) is 1.12. The van der Waals surface area contributed by atoms with E-state index in [0.717, 1.165) is 24.0 Å². The minimum absolute atomic E-state index is 0.0543. The van der Waals surface area contributed by atoms with Crippen LogP contribution >= 0.6 is 0 Å². The third-order valence-electron chi connectivity index (χ3n) is 5.97. The zero-order valence-electron chi connectivity index (χ0n) is 17.2. The Morgan fingerprint density at radius 1 is 0.690 bits per heavy atom. The summed E-state index contributed by atoms with van der Waals surface area (Å²) in [4.78, 5) is 0. The monoisotopic (exact) mass is 398 g/mol. The summed E-state index contributed by atoms with van der Waals surface area (Å²) in [5, 5.41) is 0. The van der Waals surface area contributed by atoms with Gasteiger partial charge < -0.3 is 23.7 Å². The van der Waals surface area contributed by atoms with E-state index in [-0.39, 0.29) is 12.2 Å². The molecule has 5 heteroatoms. The van der Waals surface area contributed by atoms with Crippen molar-refractivity contribution in [1.82, 2.24) is 0 Å². The van der Waals surface area contributed by atoms with E-state index >= 15 is 0 Å². The van der Waals surface area contributed by atoms with Crippen LogP contribution in [0.4, 0.5) is 0 Å². The van der Waals surface area contributed by atoms with Crippen molar-refractivity contribution in [2.45, 2.75) is 49.5 Å². The second-order valence-corrected chi connectivity index (χ2v) is 7.74. The molecule has 2 aliphatic rings. The molecular formula is C24H30O5.